The first-order valence-corrected chi connectivity index (χ1v) is 13.2. The van der Waals surface area contributed by atoms with Gasteiger partial charge in [0, 0.05) is 15.2 Å². The molecule has 1 aromatic heterocycles. The average molecular weight is 567 g/mol. The Balaban J connectivity index is 1.57. The van der Waals surface area contributed by atoms with Crippen molar-refractivity contribution in [1.82, 2.24) is 0 Å². The zero-order valence-electron chi connectivity index (χ0n) is 19.8. The second kappa shape index (κ2) is 10.5. The van der Waals surface area contributed by atoms with Crippen LogP contribution in [0.5, 0.6) is 5.75 Å². The molecule has 0 N–H and O–H groups in total. The minimum Gasteiger partial charge on any atom is -0.494 e. The number of carbonyl (C=O) groups is 1. The molecule has 1 amide bonds. The van der Waals surface area contributed by atoms with Crippen molar-refractivity contribution in [3.05, 3.63) is 103 Å². The minimum absolute atomic E-state index is 0.0546. The van der Waals surface area contributed by atoms with E-state index in [0.717, 1.165) is 28.6 Å². The van der Waals surface area contributed by atoms with Crippen molar-refractivity contribution in [2.45, 2.75) is 38.6 Å². The molecule has 0 fully saturated rings. The Kier molecular flexibility index (Phi) is 7.17. The highest BCUT2D eigenvalue weighted by Crippen LogP contribution is 2.42. The van der Waals surface area contributed by atoms with E-state index in [1.54, 1.807) is 23.1 Å². The molecule has 7 heteroatoms. The number of benzene rings is 3. The highest BCUT2D eigenvalue weighted by atomic mass is 79.9. The van der Waals surface area contributed by atoms with Gasteiger partial charge < -0.3 is 9.15 Å². The summed E-state index contributed by atoms with van der Waals surface area (Å²) >= 11 is 9.62. The molecule has 5 rings (SSSR count). The number of rotatable bonds is 8. The summed E-state index contributed by atoms with van der Waals surface area (Å²) in [5, 5.41) is 0.782. The standard InChI is InChI=1S/C29H25BrClNO4/c1-2-3-4-5-16-35-22-13-6-18(7-14-22)26-25-27(33)23-17-20(31)10-15-24(23)36-28(25)29(34)32(26)21-11-8-19(30)9-12-21/h6-15,17,26H,2-5,16H2,1H3. The van der Waals surface area contributed by atoms with Gasteiger partial charge in [0.25, 0.3) is 5.91 Å². The molecule has 0 aliphatic carbocycles. The van der Waals surface area contributed by atoms with E-state index >= 15 is 0 Å². The van der Waals surface area contributed by atoms with Crippen LogP contribution in [0.1, 0.15) is 60.3 Å². The van der Waals surface area contributed by atoms with E-state index in [-0.39, 0.29) is 17.1 Å². The normalized spacial score (nSPS) is 14.9. The maximum atomic E-state index is 13.7. The molecule has 5 nitrogen and oxygen atoms in total. The van der Waals surface area contributed by atoms with Crippen LogP contribution < -0.4 is 15.1 Å². The first-order valence-electron chi connectivity index (χ1n) is 12.1. The third-order valence-electron chi connectivity index (χ3n) is 6.40. The molecule has 4 aromatic rings. The molecule has 0 spiro atoms. The largest absolute Gasteiger partial charge is 0.494 e. The minimum atomic E-state index is -0.646. The molecule has 0 saturated carbocycles. The maximum absolute atomic E-state index is 13.7. The molecule has 0 radical (unpaired) electrons. The fourth-order valence-electron chi connectivity index (χ4n) is 4.59. The van der Waals surface area contributed by atoms with Gasteiger partial charge in [-0.25, -0.2) is 0 Å². The van der Waals surface area contributed by atoms with Gasteiger partial charge in [0.05, 0.1) is 23.6 Å². The fraction of sp³-hybridized carbons (Fsp3) is 0.241. The number of unbranched alkanes of at least 4 members (excludes halogenated alkanes) is 3. The van der Waals surface area contributed by atoms with Gasteiger partial charge in [-0.2, -0.15) is 0 Å². The van der Waals surface area contributed by atoms with E-state index in [1.807, 2.05) is 48.5 Å². The summed E-state index contributed by atoms with van der Waals surface area (Å²) in [4.78, 5) is 29.0. The number of hydrogen-bond donors (Lipinski definition) is 0. The molecule has 3 aromatic carbocycles. The summed E-state index contributed by atoms with van der Waals surface area (Å²) in [6, 6.07) is 19.2. The number of halogens is 2. The van der Waals surface area contributed by atoms with E-state index in [4.69, 9.17) is 20.8 Å². The molecular formula is C29H25BrClNO4. The third-order valence-corrected chi connectivity index (χ3v) is 7.16. The lowest BCUT2D eigenvalue weighted by Crippen LogP contribution is -2.29. The molecule has 1 aliphatic rings. The van der Waals surface area contributed by atoms with Gasteiger partial charge in [0.1, 0.15) is 11.3 Å². The molecule has 0 bridgehead atoms. The first-order chi connectivity index (χ1) is 17.5. The monoisotopic (exact) mass is 565 g/mol. The predicted octanol–water partition coefficient (Wildman–Crippen LogP) is 7.92. The first kappa shape index (κ1) is 24.6. The number of ether oxygens (including phenoxy) is 1. The van der Waals surface area contributed by atoms with Gasteiger partial charge in [0.2, 0.25) is 5.76 Å². The van der Waals surface area contributed by atoms with Crippen LogP contribution in [0.25, 0.3) is 11.0 Å². The summed E-state index contributed by atoms with van der Waals surface area (Å²) in [7, 11) is 0. The summed E-state index contributed by atoms with van der Waals surface area (Å²) in [6.45, 7) is 2.84. The highest BCUT2D eigenvalue weighted by molar-refractivity contribution is 9.10. The van der Waals surface area contributed by atoms with Crippen LogP contribution in [0.15, 0.2) is 80.4 Å². The van der Waals surface area contributed by atoms with Crippen molar-refractivity contribution in [3.63, 3.8) is 0 Å². The van der Waals surface area contributed by atoms with Gasteiger partial charge in [0.15, 0.2) is 5.43 Å². The molecule has 1 unspecified atom stereocenters. The molecule has 0 saturated heterocycles. The second-order valence-corrected chi connectivity index (χ2v) is 10.2. The van der Waals surface area contributed by atoms with Crippen LogP contribution in [0.2, 0.25) is 5.02 Å². The maximum Gasteiger partial charge on any atom is 0.295 e. The summed E-state index contributed by atoms with van der Waals surface area (Å²) < 4.78 is 12.8. The Labute approximate surface area is 222 Å². The van der Waals surface area contributed by atoms with Crippen molar-refractivity contribution < 1.29 is 13.9 Å². The molecular weight excluding hydrogens is 542 g/mol. The van der Waals surface area contributed by atoms with Gasteiger partial charge in [-0.15, -0.1) is 0 Å². The van der Waals surface area contributed by atoms with Crippen LogP contribution in [-0.4, -0.2) is 12.5 Å². The number of anilines is 1. The Morgan fingerprint density at radius 2 is 1.72 bits per heavy atom. The van der Waals surface area contributed by atoms with Gasteiger partial charge in [-0.1, -0.05) is 65.8 Å². The van der Waals surface area contributed by atoms with Gasteiger partial charge in [-0.05, 0) is 66.6 Å². The average Bonchev–Trinajstić information content (AvgIpc) is 3.18. The Morgan fingerprint density at radius 1 is 0.972 bits per heavy atom. The van der Waals surface area contributed by atoms with Crippen molar-refractivity contribution in [2.24, 2.45) is 0 Å². The summed E-state index contributed by atoms with van der Waals surface area (Å²) in [5.74, 6) is 0.453. The Hall–Kier alpha value is -3.09. The van der Waals surface area contributed by atoms with Gasteiger partial charge >= 0.3 is 0 Å². The highest BCUT2D eigenvalue weighted by Gasteiger charge is 2.43. The van der Waals surface area contributed by atoms with Crippen molar-refractivity contribution >= 4 is 50.1 Å². The summed E-state index contributed by atoms with van der Waals surface area (Å²) in [5.41, 5.74) is 1.84. The lowest BCUT2D eigenvalue weighted by molar-refractivity contribution is 0.0971. The Morgan fingerprint density at radius 3 is 2.44 bits per heavy atom. The number of nitrogens with zero attached hydrogens (tertiary/aromatic N) is 1. The SMILES string of the molecule is CCCCCCOc1ccc(C2c3c(oc4ccc(Cl)cc4c3=O)C(=O)N2c2ccc(Br)cc2)cc1. The zero-order chi connectivity index (χ0) is 25.2. The lowest BCUT2D eigenvalue weighted by atomic mass is 9.98. The Bertz CT molecular complexity index is 1460. The van der Waals surface area contributed by atoms with E-state index in [9.17, 15) is 9.59 Å². The molecule has 184 valence electrons. The fourth-order valence-corrected chi connectivity index (χ4v) is 5.03. The number of amides is 1. The smallest absolute Gasteiger partial charge is 0.295 e. The van der Waals surface area contributed by atoms with Crippen LogP contribution in [-0.2, 0) is 0 Å². The van der Waals surface area contributed by atoms with Crippen LogP contribution in [0.3, 0.4) is 0 Å². The van der Waals surface area contributed by atoms with E-state index in [2.05, 4.69) is 22.9 Å². The van der Waals surface area contributed by atoms with Crippen molar-refractivity contribution in [1.29, 1.82) is 0 Å². The van der Waals surface area contributed by atoms with Crippen LogP contribution in [0.4, 0.5) is 5.69 Å². The zero-order valence-corrected chi connectivity index (χ0v) is 22.1. The topological polar surface area (TPSA) is 59.8 Å². The number of carbonyl (C=O) groups excluding carboxylic acids is 1. The number of hydrogen-bond acceptors (Lipinski definition) is 4. The number of fused-ring (bicyclic) bond motifs is 2. The van der Waals surface area contributed by atoms with Gasteiger partial charge in [-0.3, -0.25) is 14.5 Å². The van der Waals surface area contributed by atoms with Crippen LogP contribution >= 0.6 is 27.5 Å². The van der Waals surface area contributed by atoms with Crippen molar-refractivity contribution in [3.8, 4) is 5.75 Å². The van der Waals surface area contributed by atoms with E-state index in [1.165, 1.54) is 12.8 Å². The van der Waals surface area contributed by atoms with Crippen molar-refractivity contribution in [2.75, 3.05) is 11.5 Å². The lowest BCUT2D eigenvalue weighted by Gasteiger charge is -2.25. The predicted molar refractivity (Wildman–Crippen MR) is 146 cm³/mol. The molecule has 1 aliphatic heterocycles. The third kappa shape index (κ3) is 4.67. The van der Waals surface area contributed by atoms with E-state index < -0.39 is 6.04 Å². The van der Waals surface area contributed by atoms with E-state index in [0.29, 0.717) is 33.8 Å². The second-order valence-electron chi connectivity index (χ2n) is 8.85. The summed E-state index contributed by atoms with van der Waals surface area (Å²) in [6.07, 6.45) is 4.53. The molecule has 36 heavy (non-hydrogen) atoms. The molecule has 2 heterocycles. The van der Waals surface area contributed by atoms with Crippen LogP contribution in [0, 0.1) is 0 Å². The quantitative estimate of drug-likeness (QED) is 0.203. The molecule has 1 atom stereocenters.